The zero-order valence-corrected chi connectivity index (χ0v) is 19.2. The largest absolute Gasteiger partial charge is 0.341 e. The molecule has 29 heavy (non-hydrogen) atoms. The van der Waals surface area contributed by atoms with Crippen LogP contribution in [-0.4, -0.2) is 42.9 Å². The smallest absolute Gasteiger partial charge is 0.250 e. The molecule has 3 aromatic rings. The molecule has 0 atom stereocenters. The van der Waals surface area contributed by atoms with Gasteiger partial charge in [-0.05, 0) is 53.2 Å². The van der Waals surface area contributed by atoms with Crippen molar-refractivity contribution in [2.24, 2.45) is 0 Å². The number of hydrogen-bond acceptors (Lipinski definition) is 4. The van der Waals surface area contributed by atoms with Crippen LogP contribution in [0.15, 0.2) is 50.5 Å². The van der Waals surface area contributed by atoms with Gasteiger partial charge in [-0.2, -0.15) is 0 Å². The molecule has 1 aliphatic rings. The molecule has 9 heteroatoms. The highest BCUT2D eigenvalue weighted by molar-refractivity contribution is 9.10. The Morgan fingerprint density at radius 3 is 2.62 bits per heavy atom. The van der Waals surface area contributed by atoms with Crippen molar-refractivity contribution >= 4 is 54.1 Å². The van der Waals surface area contributed by atoms with Gasteiger partial charge in [0.05, 0.1) is 0 Å². The van der Waals surface area contributed by atoms with Crippen molar-refractivity contribution in [1.82, 2.24) is 14.2 Å². The van der Waals surface area contributed by atoms with Crippen LogP contribution < -0.4 is 4.72 Å². The number of likely N-dealkylation sites (tertiary alicyclic amines) is 1. The Morgan fingerprint density at radius 1 is 1.21 bits per heavy atom. The van der Waals surface area contributed by atoms with Crippen molar-refractivity contribution in [3.05, 3.63) is 51.9 Å². The van der Waals surface area contributed by atoms with E-state index in [-0.39, 0.29) is 18.5 Å². The fourth-order valence-electron chi connectivity index (χ4n) is 3.77. The minimum absolute atomic E-state index is 0.0564. The summed E-state index contributed by atoms with van der Waals surface area (Å²) in [5, 5.41) is 2.85. The average Bonchev–Trinajstić information content (AvgIpc) is 3.33. The highest BCUT2D eigenvalue weighted by atomic mass is 79.9. The molecule has 154 valence electrons. The summed E-state index contributed by atoms with van der Waals surface area (Å²) >= 11 is 4.84. The van der Waals surface area contributed by atoms with Gasteiger partial charge >= 0.3 is 0 Å². The van der Waals surface area contributed by atoms with Crippen molar-refractivity contribution in [2.75, 3.05) is 13.1 Å². The number of nitrogens with zero attached hydrogens (tertiary/aromatic N) is 2. The van der Waals surface area contributed by atoms with Gasteiger partial charge in [-0.25, -0.2) is 13.1 Å². The summed E-state index contributed by atoms with van der Waals surface area (Å²) in [5.74, 6) is 0.0564. The molecule has 1 amide bonds. The number of benzene rings is 1. The van der Waals surface area contributed by atoms with Gasteiger partial charge in [0.2, 0.25) is 15.9 Å². The first kappa shape index (κ1) is 20.6. The molecule has 0 saturated carbocycles. The Balaban J connectivity index is 1.40. The lowest BCUT2D eigenvalue weighted by Crippen LogP contribution is -2.47. The maximum absolute atomic E-state index is 12.9. The van der Waals surface area contributed by atoms with Crippen LogP contribution in [0.5, 0.6) is 0 Å². The number of rotatable bonds is 5. The second kappa shape index (κ2) is 8.22. The molecule has 1 aromatic carbocycles. The van der Waals surface area contributed by atoms with Crippen molar-refractivity contribution in [2.45, 2.75) is 36.6 Å². The summed E-state index contributed by atoms with van der Waals surface area (Å²) in [6, 6.07) is 11.2. The quantitative estimate of drug-likeness (QED) is 0.585. The van der Waals surface area contributed by atoms with Gasteiger partial charge in [0.25, 0.3) is 0 Å². The van der Waals surface area contributed by atoms with E-state index >= 15 is 0 Å². The van der Waals surface area contributed by atoms with Crippen LogP contribution >= 0.6 is 27.3 Å². The highest BCUT2D eigenvalue weighted by Gasteiger charge is 2.27. The van der Waals surface area contributed by atoms with E-state index in [1.165, 1.54) is 11.3 Å². The summed E-state index contributed by atoms with van der Waals surface area (Å²) < 4.78 is 30.9. The molecule has 1 fully saturated rings. The van der Waals surface area contributed by atoms with Crippen molar-refractivity contribution in [3.63, 3.8) is 0 Å². The molecule has 0 unspecified atom stereocenters. The monoisotopic (exact) mass is 495 g/mol. The Labute approximate surface area is 182 Å². The number of nitrogens with one attached hydrogen (secondary N) is 1. The molecule has 4 rings (SSSR count). The van der Waals surface area contributed by atoms with Crippen LogP contribution in [-0.2, 0) is 21.4 Å². The van der Waals surface area contributed by atoms with Crippen LogP contribution in [0.2, 0.25) is 0 Å². The van der Waals surface area contributed by atoms with Crippen LogP contribution in [0.3, 0.4) is 0 Å². The zero-order chi connectivity index (χ0) is 20.6. The number of halogens is 1. The maximum atomic E-state index is 12.9. The number of hydrogen-bond donors (Lipinski definition) is 1. The number of para-hydroxylation sites is 1. The van der Waals surface area contributed by atoms with E-state index in [2.05, 4.69) is 20.7 Å². The van der Waals surface area contributed by atoms with Crippen molar-refractivity contribution < 1.29 is 13.2 Å². The normalized spacial score (nSPS) is 15.9. The predicted molar refractivity (Wildman–Crippen MR) is 119 cm³/mol. The van der Waals surface area contributed by atoms with Gasteiger partial charge in [-0.15, -0.1) is 11.3 Å². The van der Waals surface area contributed by atoms with Crippen molar-refractivity contribution in [3.8, 4) is 0 Å². The van der Waals surface area contributed by atoms with Gasteiger partial charge in [-0.3, -0.25) is 4.79 Å². The third-order valence-corrected chi connectivity index (χ3v) is 9.30. The number of carbonyl (C=O) groups is 1. The lowest BCUT2D eigenvalue weighted by Gasteiger charge is -2.32. The van der Waals surface area contributed by atoms with Crippen LogP contribution in [0.1, 0.15) is 18.5 Å². The molecule has 1 aliphatic heterocycles. The Kier molecular flexibility index (Phi) is 5.83. The molecule has 0 radical (unpaired) electrons. The van der Waals surface area contributed by atoms with Gasteiger partial charge < -0.3 is 9.47 Å². The summed E-state index contributed by atoms with van der Waals surface area (Å²) in [4.78, 5) is 14.7. The number of fused-ring (bicyclic) bond motifs is 1. The number of amides is 1. The molecule has 1 N–H and O–H groups in total. The fourth-order valence-corrected chi connectivity index (χ4v) is 6.63. The van der Waals surface area contributed by atoms with Gasteiger partial charge in [0, 0.05) is 40.2 Å². The summed E-state index contributed by atoms with van der Waals surface area (Å²) in [5.41, 5.74) is 2.06. The molecule has 0 bridgehead atoms. The van der Waals surface area contributed by atoms with E-state index in [1.54, 1.807) is 17.5 Å². The third-order valence-electron chi connectivity index (χ3n) is 5.38. The second-order valence-electron chi connectivity index (χ2n) is 7.21. The minimum Gasteiger partial charge on any atom is -0.341 e. The Bertz CT molecular complexity index is 1130. The van der Waals surface area contributed by atoms with E-state index < -0.39 is 10.0 Å². The number of sulfonamides is 1. The van der Waals surface area contributed by atoms with E-state index in [0.717, 1.165) is 21.1 Å². The first-order valence-electron chi connectivity index (χ1n) is 9.44. The van der Waals surface area contributed by atoms with Crippen LogP contribution in [0, 0.1) is 6.92 Å². The highest BCUT2D eigenvalue weighted by Crippen LogP contribution is 2.30. The standard InChI is InChI=1S/C20H22BrN3O3S2/c1-14-20(21)16-5-2-3-6-17(16)24(14)13-18(25)23-10-8-15(9-11-23)22-29(26,27)19-7-4-12-28-19/h2-7,12,15,22H,8-11,13H2,1H3. The first-order valence-corrected chi connectivity index (χ1v) is 12.6. The number of thiophene rings is 1. The first-order chi connectivity index (χ1) is 13.9. The third kappa shape index (κ3) is 4.14. The number of carbonyl (C=O) groups excluding carboxylic acids is 1. The van der Waals surface area contributed by atoms with E-state index in [1.807, 2.05) is 40.7 Å². The zero-order valence-electron chi connectivity index (χ0n) is 16.0. The molecule has 2 aromatic heterocycles. The minimum atomic E-state index is -3.47. The number of piperidine rings is 1. The molecule has 0 aliphatic carbocycles. The second-order valence-corrected chi connectivity index (χ2v) is 10.9. The Morgan fingerprint density at radius 2 is 1.93 bits per heavy atom. The summed E-state index contributed by atoms with van der Waals surface area (Å²) in [7, 11) is -3.47. The van der Waals surface area contributed by atoms with Crippen molar-refractivity contribution in [1.29, 1.82) is 0 Å². The summed E-state index contributed by atoms with van der Waals surface area (Å²) in [6.07, 6.45) is 1.23. The maximum Gasteiger partial charge on any atom is 0.250 e. The molecule has 1 saturated heterocycles. The fraction of sp³-hybridized carbons (Fsp3) is 0.350. The van der Waals surface area contributed by atoms with Gasteiger partial charge in [-0.1, -0.05) is 24.3 Å². The molecule has 3 heterocycles. The van der Waals surface area contributed by atoms with Gasteiger partial charge in [0.15, 0.2) is 0 Å². The molecular weight excluding hydrogens is 474 g/mol. The Hall–Kier alpha value is -1.68. The average molecular weight is 496 g/mol. The molecule has 0 spiro atoms. The predicted octanol–water partition coefficient (Wildman–Crippen LogP) is 3.74. The molecule has 6 nitrogen and oxygen atoms in total. The van der Waals surface area contributed by atoms with Crippen LogP contribution in [0.4, 0.5) is 0 Å². The van der Waals surface area contributed by atoms with E-state index in [4.69, 9.17) is 0 Å². The van der Waals surface area contributed by atoms with Gasteiger partial charge in [0.1, 0.15) is 10.8 Å². The van der Waals surface area contributed by atoms with E-state index in [9.17, 15) is 13.2 Å². The number of aromatic nitrogens is 1. The molecular formula is C20H22BrN3O3S2. The summed E-state index contributed by atoms with van der Waals surface area (Å²) in [6.45, 7) is 3.39. The lowest BCUT2D eigenvalue weighted by atomic mass is 10.1. The SMILES string of the molecule is Cc1c(Br)c2ccccc2n1CC(=O)N1CCC(NS(=O)(=O)c2cccs2)CC1. The van der Waals surface area contributed by atoms with E-state index in [0.29, 0.717) is 30.1 Å². The lowest BCUT2D eigenvalue weighted by molar-refractivity contribution is -0.132. The van der Waals surface area contributed by atoms with Crippen LogP contribution in [0.25, 0.3) is 10.9 Å². The topological polar surface area (TPSA) is 71.4 Å².